The van der Waals surface area contributed by atoms with E-state index in [0.717, 1.165) is 11.3 Å². The molecule has 3 amide bonds. The number of aromatic nitrogens is 2. The average Bonchev–Trinajstić information content (AvgIpc) is 2.87. The first-order valence-corrected chi connectivity index (χ1v) is 10.1. The van der Waals surface area contributed by atoms with Gasteiger partial charge in [-0.15, -0.1) is 0 Å². The molecule has 1 fully saturated rings. The Morgan fingerprint density at radius 3 is 2.45 bits per heavy atom. The van der Waals surface area contributed by atoms with Gasteiger partial charge in [-0.25, -0.2) is 9.48 Å². The second-order valence-corrected chi connectivity index (χ2v) is 7.71. The highest BCUT2D eigenvalue weighted by Crippen LogP contribution is 2.23. The van der Waals surface area contributed by atoms with E-state index < -0.39 is 6.03 Å². The van der Waals surface area contributed by atoms with Crippen molar-refractivity contribution in [3.05, 3.63) is 57.3 Å². The van der Waals surface area contributed by atoms with Crippen molar-refractivity contribution >= 4 is 41.2 Å². The summed E-state index contributed by atoms with van der Waals surface area (Å²) in [6.45, 7) is 4.39. The summed E-state index contributed by atoms with van der Waals surface area (Å²) in [6.07, 6.45) is 3.89. The van der Waals surface area contributed by atoms with Crippen molar-refractivity contribution in [2.45, 2.75) is 19.9 Å². The summed E-state index contributed by atoms with van der Waals surface area (Å²) in [5.74, 6) is -0.128. The Kier molecular flexibility index (Phi) is 6.82. The van der Waals surface area contributed by atoms with Gasteiger partial charge in [0.25, 0.3) is 0 Å². The number of aryl methyl sites for hydroxylation is 1. The van der Waals surface area contributed by atoms with Crippen LogP contribution in [-0.4, -0.2) is 57.7 Å². The molecule has 1 aliphatic rings. The molecule has 1 aromatic carbocycles. The zero-order valence-corrected chi connectivity index (χ0v) is 17.7. The number of nitrogens with zero attached hydrogens (tertiary/aromatic N) is 4. The van der Waals surface area contributed by atoms with Crippen LogP contribution in [0.3, 0.4) is 0 Å². The standard InChI is InChI=1S/C20H23Cl2N5O2/c1-14-17(19(22)27(24-14)13-15-3-5-16(21)6-4-15)7-8-18(28)25-9-2-10-26(12-11-25)20(23)29/h3-8H,2,9-13H2,1H3,(H2,23,29)/b8-7+. The largest absolute Gasteiger partial charge is 0.351 e. The van der Waals surface area contributed by atoms with Crippen LogP contribution in [0.2, 0.25) is 10.2 Å². The zero-order valence-electron chi connectivity index (χ0n) is 16.1. The number of hydrogen-bond donors (Lipinski definition) is 1. The fourth-order valence-electron chi connectivity index (χ4n) is 3.24. The SMILES string of the molecule is Cc1nn(Cc2ccc(Cl)cc2)c(Cl)c1/C=C/C(=O)N1CCCN(C(N)=O)CC1. The molecule has 1 saturated heterocycles. The molecule has 1 aliphatic heterocycles. The molecule has 29 heavy (non-hydrogen) atoms. The van der Waals surface area contributed by atoms with Crippen LogP contribution in [0.5, 0.6) is 0 Å². The first-order valence-electron chi connectivity index (χ1n) is 9.34. The highest BCUT2D eigenvalue weighted by molar-refractivity contribution is 6.31. The first-order chi connectivity index (χ1) is 13.8. The lowest BCUT2D eigenvalue weighted by atomic mass is 10.2. The van der Waals surface area contributed by atoms with Gasteiger partial charge in [0.1, 0.15) is 5.15 Å². The summed E-state index contributed by atoms with van der Waals surface area (Å²) < 4.78 is 1.70. The van der Waals surface area contributed by atoms with Gasteiger partial charge in [0.2, 0.25) is 5.91 Å². The minimum Gasteiger partial charge on any atom is -0.351 e. The van der Waals surface area contributed by atoms with Crippen LogP contribution in [0.25, 0.3) is 6.08 Å². The Morgan fingerprint density at radius 1 is 1.10 bits per heavy atom. The van der Waals surface area contributed by atoms with E-state index in [0.29, 0.717) is 54.9 Å². The van der Waals surface area contributed by atoms with Gasteiger partial charge in [-0.1, -0.05) is 35.3 Å². The second-order valence-electron chi connectivity index (χ2n) is 6.91. The van der Waals surface area contributed by atoms with Crippen molar-refractivity contribution in [1.29, 1.82) is 0 Å². The topological polar surface area (TPSA) is 84.5 Å². The summed E-state index contributed by atoms with van der Waals surface area (Å²) in [5.41, 5.74) is 7.80. The molecule has 0 spiro atoms. The fourth-order valence-corrected chi connectivity index (χ4v) is 3.67. The molecule has 0 unspecified atom stereocenters. The van der Waals surface area contributed by atoms with E-state index in [9.17, 15) is 9.59 Å². The van der Waals surface area contributed by atoms with Crippen LogP contribution in [0.15, 0.2) is 30.3 Å². The molecule has 7 nitrogen and oxygen atoms in total. The van der Waals surface area contributed by atoms with Crippen molar-refractivity contribution in [1.82, 2.24) is 19.6 Å². The van der Waals surface area contributed by atoms with Crippen LogP contribution in [0.4, 0.5) is 4.79 Å². The third-order valence-electron chi connectivity index (χ3n) is 4.87. The molecule has 0 radical (unpaired) electrons. The number of urea groups is 1. The maximum Gasteiger partial charge on any atom is 0.314 e. The molecule has 0 aliphatic carbocycles. The molecule has 154 valence electrons. The van der Waals surface area contributed by atoms with Crippen LogP contribution in [0.1, 0.15) is 23.2 Å². The van der Waals surface area contributed by atoms with Crippen LogP contribution >= 0.6 is 23.2 Å². The monoisotopic (exact) mass is 435 g/mol. The van der Waals surface area contributed by atoms with Crippen LogP contribution in [0, 0.1) is 6.92 Å². The van der Waals surface area contributed by atoms with Gasteiger partial charge >= 0.3 is 6.03 Å². The van der Waals surface area contributed by atoms with E-state index >= 15 is 0 Å². The fraction of sp³-hybridized carbons (Fsp3) is 0.350. The van der Waals surface area contributed by atoms with E-state index in [1.54, 1.807) is 20.6 Å². The highest BCUT2D eigenvalue weighted by Gasteiger charge is 2.19. The third-order valence-corrected chi connectivity index (χ3v) is 5.52. The maximum atomic E-state index is 12.6. The summed E-state index contributed by atoms with van der Waals surface area (Å²) in [5, 5.41) is 5.62. The Bertz CT molecular complexity index is 924. The highest BCUT2D eigenvalue weighted by atomic mass is 35.5. The van der Waals surface area contributed by atoms with Crippen molar-refractivity contribution in [2.75, 3.05) is 26.2 Å². The van der Waals surface area contributed by atoms with Crippen molar-refractivity contribution in [2.24, 2.45) is 5.73 Å². The lowest BCUT2D eigenvalue weighted by Gasteiger charge is -2.19. The molecule has 2 heterocycles. The van der Waals surface area contributed by atoms with Gasteiger partial charge in [-0.05, 0) is 37.1 Å². The Balaban J connectivity index is 1.68. The summed E-state index contributed by atoms with van der Waals surface area (Å²) >= 11 is 12.4. The number of nitrogens with two attached hydrogens (primary N) is 1. The van der Waals surface area contributed by atoms with Gasteiger partial charge in [-0.2, -0.15) is 5.10 Å². The number of primary amides is 1. The second kappa shape index (κ2) is 9.33. The van der Waals surface area contributed by atoms with Gasteiger partial charge in [0.05, 0.1) is 12.2 Å². The number of halogens is 2. The smallest absolute Gasteiger partial charge is 0.314 e. The quantitative estimate of drug-likeness (QED) is 0.748. The predicted octanol–water partition coefficient (Wildman–Crippen LogP) is 3.17. The van der Waals surface area contributed by atoms with Crippen LogP contribution < -0.4 is 5.73 Å². The number of benzene rings is 1. The van der Waals surface area contributed by atoms with Crippen molar-refractivity contribution < 1.29 is 9.59 Å². The number of rotatable bonds is 4. The maximum absolute atomic E-state index is 12.6. The summed E-state index contributed by atoms with van der Waals surface area (Å²) in [4.78, 5) is 27.2. The minimum absolute atomic E-state index is 0.128. The van der Waals surface area contributed by atoms with Crippen molar-refractivity contribution in [3.63, 3.8) is 0 Å². The normalized spacial score (nSPS) is 15.0. The molecule has 0 bridgehead atoms. The molecule has 0 saturated carbocycles. The lowest BCUT2D eigenvalue weighted by Crippen LogP contribution is -2.39. The summed E-state index contributed by atoms with van der Waals surface area (Å²) in [7, 11) is 0. The molecular formula is C20H23Cl2N5O2. The average molecular weight is 436 g/mol. The molecule has 1 aromatic heterocycles. The van der Waals surface area contributed by atoms with E-state index in [1.807, 2.05) is 31.2 Å². The molecule has 9 heteroatoms. The number of carbonyl (C=O) groups is 2. The number of amides is 3. The van der Waals surface area contributed by atoms with Gasteiger partial charge in [-0.3, -0.25) is 4.79 Å². The predicted molar refractivity (Wildman–Crippen MR) is 114 cm³/mol. The van der Waals surface area contributed by atoms with E-state index in [1.165, 1.54) is 6.08 Å². The molecule has 3 rings (SSSR count). The van der Waals surface area contributed by atoms with E-state index in [2.05, 4.69) is 5.10 Å². The first kappa shape index (κ1) is 21.2. The van der Waals surface area contributed by atoms with E-state index in [-0.39, 0.29) is 5.91 Å². The molecule has 2 aromatic rings. The van der Waals surface area contributed by atoms with Gasteiger partial charge < -0.3 is 15.5 Å². The Hall–Kier alpha value is -2.51. The summed E-state index contributed by atoms with van der Waals surface area (Å²) in [6, 6.07) is 7.03. The molecular weight excluding hydrogens is 413 g/mol. The molecule has 2 N–H and O–H groups in total. The number of carbonyl (C=O) groups excluding carboxylic acids is 2. The molecule has 0 atom stereocenters. The van der Waals surface area contributed by atoms with E-state index in [4.69, 9.17) is 28.9 Å². The Labute approximate surface area is 179 Å². The van der Waals surface area contributed by atoms with Crippen molar-refractivity contribution in [3.8, 4) is 0 Å². The Morgan fingerprint density at radius 2 is 1.76 bits per heavy atom. The minimum atomic E-state index is -0.453. The lowest BCUT2D eigenvalue weighted by molar-refractivity contribution is -0.125. The van der Waals surface area contributed by atoms with Gasteiger partial charge in [0.15, 0.2) is 0 Å². The third kappa shape index (κ3) is 5.31. The zero-order chi connectivity index (χ0) is 21.0. The van der Waals surface area contributed by atoms with Crippen LogP contribution in [-0.2, 0) is 11.3 Å². The number of hydrogen-bond acceptors (Lipinski definition) is 3. The van der Waals surface area contributed by atoms with Gasteiger partial charge in [0, 0.05) is 42.8 Å².